The summed E-state index contributed by atoms with van der Waals surface area (Å²) in [6, 6.07) is 0. The molecule has 0 aliphatic heterocycles. The second kappa shape index (κ2) is 8.55. The number of carboxylic acid groups (broad SMARTS) is 1. The van der Waals surface area contributed by atoms with Gasteiger partial charge in [0.25, 0.3) is 0 Å². The molecule has 1 fully saturated rings. The van der Waals surface area contributed by atoms with E-state index in [0.717, 1.165) is 12.8 Å². The highest BCUT2D eigenvalue weighted by molar-refractivity contribution is 7.45. The van der Waals surface area contributed by atoms with Crippen molar-refractivity contribution in [1.29, 1.82) is 0 Å². The quantitative estimate of drug-likeness (QED) is 0.575. The van der Waals surface area contributed by atoms with Gasteiger partial charge in [-0.05, 0) is 32.6 Å². The van der Waals surface area contributed by atoms with E-state index in [2.05, 4.69) is 0 Å². The minimum Gasteiger partial charge on any atom is -0.478 e. The van der Waals surface area contributed by atoms with Crippen LogP contribution in [0.3, 0.4) is 0 Å². The van der Waals surface area contributed by atoms with Gasteiger partial charge in [-0.25, -0.2) is 4.79 Å². The molecule has 0 aromatic rings. The predicted molar refractivity (Wildman–Crippen MR) is 77.3 cm³/mol. The monoisotopic (exact) mass is 288 g/mol. The molecular weight excluding hydrogens is 263 g/mol. The summed E-state index contributed by atoms with van der Waals surface area (Å²) in [4.78, 5) is 11.3. The Balaban J connectivity index is 2.64. The zero-order chi connectivity index (χ0) is 14.3. The summed E-state index contributed by atoms with van der Waals surface area (Å²) in [5.41, 5.74) is 0.308. The van der Waals surface area contributed by atoms with Gasteiger partial charge in [-0.2, -0.15) is 0 Å². The first-order valence-electron chi connectivity index (χ1n) is 7.12. The number of ether oxygens (including phenoxy) is 1. The van der Waals surface area contributed by atoms with Gasteiger partial charge in [0.2, 0.25) is 0 Å². The van der Waals surface area contributed by atoms with Crippen molar-refractivity contribution in [3.05, 3.63) is 11.6 Å². The molecule has 4 nitrogen and oxygen atoms in total. The molecule has 0 aromatic carbocycles. The lowest BCUT2D eigenvalue weighted by Gasteiger charge is -2.19. The van der Waals surface area contributed by atoms with Crippen LogP contribution in [0.1, 0.15) is 46.0 Å². The largest absolute Gasteiger partial charge is 0.478 e. The average molecular weight is 288 g/mol. The molecule has 5 heteroatoms. The number of allylic oxidation sites excluding steroid dienone is 1. The van der Waals surface area contributed by atoms with Crippen molar-refractivity contribution in [3.63, 3.8) is 0 Å². The third-order valence-electron chi connectivity index (χ3n) is 3.60. The van der Waals surface area contributed by atoms with Crippen LogP contribution in [0.25, 0.3) is 0 Å². The fourth-order valence-corrected chi connectivity index (χ4v) is 3.75. The number of carboxylic acids is 1. The van der Waals surface area contributed by atoms with Gasteiger partial charge in [0, 0.05) is 18.3 Å². The van der Waals surface area contributed by atoms with E-state index in [0.29, 0.717) is 18.1 Å². The summed E-state index contributed by atoms with van der Waals surface area (Å²) in [6.45, 7) is 4.11. The Morgan fingerprint density at radius 3 is 2.58 bits per heavy atom. The summed E-state index contributed by atoms with van der Waals surface area (Å²) in [5, 5.41) is 9.23. The smallest absolute Gasteiger partial charge is 0.331 e. The molecule has 0 bridgehead atoms. The third kappa shape index (κ3) is 5.92. The Morgan fingerprint density at radius 2 is 2.05 bits per heavy atom. The SMILES string of the molecule is CCOC(C)[PH](=O)CC(=CC1CCCCC1)C(=O)O. The van der Waals surface area contributed by atoms with Crippen LogP contribution in [-0.2, 0) is 14.1 Å². The molecule has 110 valence electrons. The molecule has 1 saturated carbocycles. The molecule has 1 aliphatic rings. The Bertz CT molecular complexity index is 345. The zero-order valence-corrected chi connectivity index (χ0v) is 12.9. The van der Waals surface area contributed by atoms with Crippen LogP contribution in [0.2, 0.25) is 0 Å². The molecular formula is C14H25O4P. The third-order valence-corrected chi connectivity index (χ3v) is 5.40. The van der Waals surface area contributed by atoms with E-state index in [-0.39, 0.29) is 12.0 Å². The summed E-state index contributed by atoms with van der Waals surface area (Å²) in [7, 11) is -2.04. The van der Waals surface area contributed by atoms with E-state index in [1.807, 2.05) is 13.0 Å². The molecule has 1 rings (SSSR count). The topological polar surface area (TPSA) is 63.6 Å². The Kier molecular flexibility index (Phi) is 7.40. The Labute approximate surface area is 116 Å². The maximum Gasteiger partial charge on any atom is 0.331 e. The highest BCUT2D eigenvalue weighted by Crippen LogP contribution is 2.33. The number of carbonyl (C=O) groups is 1. The number of aliphatic carboxylic acids is 1. The molecule has 0 aromatic heterocycles. The highest BCUT2D eigenvalue weighted by Gasteiger charge is 2.19. The predicted octanol–water partition coefficient (Wildman–Crippen LogP) is 3.52. The summed E-state index contributed by atoms with van der Waals surface area (Å²) >= 11 is 0. The van der Waals surface area contributed by atoms with Crippen LogP contribution < -0.4 is 0 Å². The van der Waals surface area contributed by atoms with E-state index in [1.54, 1.807) is 6.92 Å². The normalized spacial score (nSPS) is 21.1. The van der Waals surface area contributed by atoms with Gasteiger partial charge in [0.05, 0.1) is 0 Å². The second-order valence-corrected chi connectivity index (χ2v) is 7.24. The van der Waals surface area contributed by atoms with Gasteiger partial charge in [-0.3, -0.25) is 0 Å². The molecule has 2 atom stereocenters. The minimum absolute atomic E-state index is 0.150. The number of rotatable bonds is 7. The molecule has 19 heavy (non-hydrogen) atoms. The van der Waals surface area contributed by atoms with Crippen molar-refractivity contribution in [2.75, 3.05) is 12.8 Å². The Morgan fingerprint density at radius 1 is 1.42 bits per heavy atom. The van der Waals surface area contributed by atoms with Crippen molar-refractivity contribution >= 4 is 13.8 Å². The maximum absolute atomic E-state index is 12.0. The lowest BCUT2D eigenvalue weighted by molar-refractivity contribution is -0.132. The summed E-state index contributed by atoms with van der Waals surface area (Å²) < 4.78 is 17.3. The van der Waals surface area contributed by atoms with Crippen LogP contribution in [-0.4, -0.2) is 29.7 Å². The van der Waals surface area contributed by atoms with Crippen molar-refractivity contribution < 1.29 is 19.2 Å². The molecule has 1 aliphatic carbocycles. The maximum atomic E-state index is 12.0. The first kappa shape index (κ1) is 16.5. The van der Waals surface area contributed by atoms with Gasteiger partial charge >= 0.3 is 5.97 Å². The lowest BCUT2D eigenvalue weighted by Crippen LogP contribution is -2.12. The zero-order valence-electron chi connectivity index (χ0n) is 11.9. The molecule has 0 spiro atoms. The van der Waals surface area contributed by atoms with Gasteiger partial charge < -0.3 is 14.4 Å². The molecule has 0 saturated heterocycles. The van der Waals surface area contributed by atoms with Crippen molar-refractivity contribution in [2.45, 2.75) is 51.8 Å². The first-order chi connectivity index (χ1) is 9.04. The van der Waals surface area contributed by atoms with E-state index in [1.165, 1.54) is 19.3 Å². The fraction of sp³-hybridized carbons (Fsp3) is 0.786. The fourth-order valence-electron chi connectivity index (χ4n) is 2.47. The van der Waals surface area contributed by atoms with Crippen LogP contribution in [0.5, 0.6) is 0 Å². The highest BCUT2D eigenvalue weighted by atomic mass is 31.1. The van der Waals surface area contributed by atoms with E-state index >= 15 is 0 Å². The molecule has 2 unspecified atom stereocenters. The van der Waals surface area contributed by atoms with E-state index < -0.39 is 13.8 Å². The lowest BCUT2D eigenvalue weighted by atomic mass is 9.88. The van der Waals surface area contributed by atoms with E-state index in [9.17, 15) is 14.5 Å². The molecule has 0 amide bonds. The van der Waals surface area contributed by atoms with Crippen molar-refractivity contribution in [1.82, 2.24) is 0 Å². The van der Waals surface area contributed by atoms with E-state index in [4.69, 9.17) is 4.74 Å². The van der Waals surface area contributed by atoms with Crippen LogP contribution >= 0.6 is 7.80 Å². The minimum atomic E-state index is -2.04. The van der Waals surface area contributed by atoms with Crippen LogP contribution in [0.15, 0.2) is 11.6 Å². The molecule has 0 heterocycles. The van der Waals surface area contributed by atoms with Gasteiger partial charge in [-0.15, -0.1) is 0 Å². The Hall–Kier alpha value is -0.600. The molecule has 1 N–H and O–H groups in total. The average Bonchev–Trinajstić information content (AvgIpc) is 2.39. The first-order valence-corrected chi connectivity index (χ1v) is 8.82. The number of hydrogen-bond acceptors (Lipinski definition) is 3. The summed E-state index contributed by atoms with van der Waals surface area (Å²) in [5.74, 6) is -0.936. The van der Waals surface area contributed by atoms with Crippen molar-refractivity contribution in [3.8, 4) is 0 Å². The summed E-state index contributed by atoms with van der Waals surface area (Å²) in [6.07, 6.45) is 7.67. The second-order valence-electron chi connectivity index (χ2n) is 5.14. The standard InChI is InChI=1S/C14H25O4P/c1-3-18-11(2)19(17)10-13(14(15)16)9-12-7-5-4-6-8-12/h9,11-12,19H,3-8,10H2,1-2H3,(H,15,16). The van der Waals surface area contributed by atoms with Gasteiger partial charge in [0.15, 0.2) is 0 Å². The van der Waals surface area contributed by atoms with Crippen LogP contribution in [0.4, 0.5) is 0 Å². The van der Waals surface area contributed by atoms with Crippen LogP contribution in [0, 0.1) is 5.92 Å². The molecule has 0 radical (unpaired) electrons. The van der Waals surface area contributed by atoms with Gasteiger partial charge in [-0.1, -0.05) is 25.3 Å². The number of hydrogen-bond donors (Lipinski definition) is 1. The van der Waals surface area contributed by atoms with Crippen molar-refractivity contribution in [2.24, 2.45) is 5.92 Å². The van der Waals surface area contributed by atoms with Gasteiger partial charge in [0.1, 0.15) is 13.6 Å².